The third-order valence-corrected chi connectivity index (χ3v) is 2.85. The lowest BCUT2D eigenvalue weighted by molar-refractivity contribution is 0.124. The van der Waals surface area contributed by atoms with Crippen molar-refractivity contribution in [2.45, 2.75) is 32.9 Å². The molecule has 1 N–H and O–H groups in total. The second-order valence-corrected chi connectivity index (χ2v) is 4.29. The van der Waals surface area contributed by atoms with Crippen molar-refractivity contribution in [3.05, 3.63) is 22.4 Å². The zero-order valence-electron chi connectivity index (χ0n) is 9.12. The Balaban J connectivity index is 2.29. The fourth-order valence-corrected chi connectivity index (χ4v) is 2.14. The van der Waals surface area contributed by atoms with Gasteiger partial charge in [-0.2, -0.15) is 11.3 Å². The van der Waals surface area contributed by atoms with Crippen LogP contribution in [0, 0.1) is 0 Å². The van der Waals surface area contributed by atoms with Gasteiger partial charge in [-0.1, -0.05) is 0 Å². The van der Waals surface area contributed by atoms with E-state index in [9.17, 15) is 0 Å². The summed E-state index contributed by atoms with van der Waals surface area (Å²) in [6, 6.07) is 2.98. The Morgan fingerprint density at radius 3 is 2.86 bits per heavy atom. The van der Waals surface area contributed by atoms with Crippen molar-refractivity contribution in [2.75, 3.05) is 13.2 Å². The van der Waals surface area contributed by atoms with E-state index >= 15 is 0 Å². The fraction of sp³-hybridized carbons (Fsp3) is 0.636. The molecule has 1 heterocycles. The Labute approximate surface area is 90.3 Å². The lowest BCUT2D eigenvalue weighted by Crippen LogP contribution is -2.32. The third kappa shape index (κ3) is 3.78. The van der Waals surface area contributed by atoms with Gasteiger partial charge in [-0.25, -0.2) is 0 Å². The van der Waals surface area contributed by atoms with Crippen LogP contribution >= 0.6 is 11.3 Å². The molecule has 0 bridgehead atoms. The fourth-order valence-electron chi connectivity index (χ4n) is 1.39. The summed E-state index contributed by atoms with van der Waals surface area (Å²) in [5.74, 6) is 0. The lowest BCUT2D eigenvalue weighted by atomic mass is 10.1. The van der Waals surface area contributed by atoms with Gasteiger partial charge in [0, 0.05) is 18.7 Å². The summed E-state index contributed by atoms with van der Waals surface area (Å²) in [5, 5.41) is 7.80. The van der Waals surface area contributed by atoms with Crippen molar-refractivity contribution in [1.29, 1.82) is 0 Å². The summed E-state index contributed by atoms with van der Waals surface area (Å²) in [6.07, 6.45) is 0. The molecule has 1 aromatic rings. The highest BCUT2D eigenvalue weighted by Crippen LogP contribution is 2.15. The molecule has 0 aliphatic carbocycles. The first-order valence-corrected chi connectivity index (χ1v) is 6.04. The molecule has 2 unspecified atom stereocenters. The maximum Gasteiger partial charge on any atom is 0.0616 e. The molecule has 0 fully saturated rings. The quantitative estimate of drug-likeness (QED) is 0.784. The van der Waals surface area contributed by atoms with Crippen LogP contribution in [0.5, 0.6) is 0 Å². The molecule has 0 saturated carbocycles. The SMILES string of the molecule is CCOCC(C)NC(C)c1ccsc1. The Morgan fingerprint density at radius 1 is 1.50 bits per heavy atom. The summed E-state index contributed by atoms with van der Waals surface area (Å²) in [7, 11) is 0. The highest BCUT2D eigenvalue weighted by atomic mass is 32.1. The third-order valence-electron chi connectivity index (χ3n) is 2.15. The first kappa shape index (κ1) is 11.7. The van der Waals surface area contributed by atoms with Crippen LogP contribution in [0.3, 0.4) is 0 Å². The molecule has 0 saturated heterocycles. The topological polar surface area (TPSA) is 21.3 Å². The Bertz CT molecular complexity index is 235. The van der Waals surface area contributed by atoms with Crippen LogP contribution in [0.4, 0.5) is 0 Å². The van der Waals surface area contributed by atoms with E-state index in [1.165, 1.54) is 5.56 Å². The number of nitrogens with one attached hydrogen (secondary N) is 1. The van der Waals surface area contributed by atoms with Crippen LogP contribution in [0.25, 0.3) is 0 Å². The molecule has 0 spiro atoms. The molecule has 0 aromatic carbocycles. The van der Waals surface area contributed by atoms with Crippen LogP contribution in [-0.2, 0) is 4.74 Å². The Morgan fingerprint density at radius 2 is 2.29 bits per heavy atom. The van der Waals surface area contributed by atoms with Crippen LogP contribution in [0.15, 0.2) is 16.8 Å². The predicted molar refractivity (Wildman–Crippen MR) is 61.8 cm³/mol. The highest BCUT2D eigenvalue weighted by molar-refractivity contribution is 7.07. The number of ether oxygens (including phenoxy) is 1. The van der Waals surface area contributed by atoms with Gasteiger partial charge in [-0.3, -0.25) is 0 Å². The summed E-state index contributed by atoms with van der Waals surface area (Å²) >= 11 is 1.74. The second kappa shape index (κ2) is 6.17. The lowest BCUT2D eigenvalue weighted by Gasteiger charge is -2.19. The van der Waals surface area contributed by atoms with E-state index in [4.69, 9.17) is 4.74 Å². The van der Waals surface area contributed by atoms with Gasteiger partial charge in [-0.05, 0) is 43.2 Å². The van der Waals surface area contributed by atoms with Gasteiger partial charge >= 0.3 is 0 Å². The molecular weight excluding hydrogens is 194 g/mol. The van der Waals surface area contributed by atoms with E-state index in [0.29, 0.717) is 12.1 Å². The van der Waals surface area contributed by atoms with Crippen LogP contribution < -0.4 is 5.32 Å². The maximum atomic E-state index is 5.35. The average Bonchev–Trinajstić information content (AvgIpc) is 2.67. The van der Waals surface area contributed by atoms with E-state index in [1.807, 2.05) is 6.92 Å². The van der Waals surface area contributed by atoms with Crippen molar-refractivity contribution >= 4 is 11.3 Å². The van der Waals surface area contributed by atoms with Crippen LogP contribution in [-0.4, -0.2) is 19.3 Å². The monoisotopic (exact) mass is 213 g/mol. The van der Waals surface area contributed by atoms with Crippen molar-refractivity contribution in [1.82, 2.24) is 5.32 Å². The summed E-state index contributed by atoms with van der Waals surface area (Å²) in [4.78, 5) is 0. The van der Waals surface area contributed by atoms with Crippen molar-refractivity contribution < 1.29 is 4.74 Å². The minimum Gasteiger partial charge on any atom is -0.380 e. The van der Waals surface area contributed by atoms with Crippen LogP contribution in [0.1, 0.15) is 32.4 Å². The molecule has 1 aromatic heterocycles. The van der Waals surface area contributed by atoms with E-state index in [-0.39, 0.29) is 0 Å². The average molecular weight is 213 g/mol. The van der Waals surface area contributed by atoms with E-state index in [2.05, 4.69) is 36.0 Å². The number of rotatable bonds is 6. The number of thiophene rings is 1. The van der Waals surface area contributed by atoms with Crippen molar-refractivity contribution in [3.63, 3.8) is 0 Å². The van der Waals surface area contributed by atoms with Crippen molar-refractivity contribution in [2.24, 2.45) is 0 Å². The minimum atomic E-state index is 0.407. The second-order valence-electron chi connectivity index (χ2n) is 3.51. The first-order chi connectivity index (χ1) is 6.74. The van der Waals surface area contributed by atoms with Crippen LogP contribution in [0.2, 0.25) is 0 Å². The molecule has 0 aliphatic heterocycles. The van der Waals surface area contributed by atoms with E-state index < -0.39 is 0 Å². The van der Waals surface area contributed by atoms with Gasteiger partial charge in [0.15, 0.2) is 0 Å². The largest absolute Gasteiger partial charge is 0.380 e. The number of hydrogen-bond donors (Lipinski definition) is 1. The highest BCUT2D eigenvalue weighted by Gasteiger charge is 2.09. The summed E-state index contributed by atoms with van der Waals surface area (Å²) in [6.45, 7) is 7.93. The first-order valence-electron chi connectivity index (χ1n) is 5.10. The molecule has 0 aliphatic rings. The Kier molecular flexibility index (Phi) is 5.15. The maximum absolute atomic E-state index is 5.35. The molecule has 2 atom stereocenters. The molecular formula is C11H19NOS. The van der Waals surface area contributed by atoms with Crippen molar-refractivity contribution in [3.8, 4) is 0 Å². The molecule has 0 radical (unpaired) electrons. The van der Waals surface area contributed by atoms with E-state index in [0.717, 1.165) is 13.2 Å². The zero-order valence-corrected chi connectivity index (χ0v) is 9.93. The predicted octanol–water partition coefficient (Wildman–Crippen LogP) is 2.82. The Hall–Kier alpha value is -0.380. The van der Waals surface area contributed by atoms with Gasteiger partial charge in [0.2, 0.25) is 0 Å². The summed E-state index contributed by atoms with van der Waals surface area (Å²) in [5.41, 5.74) is 1.36. The van der Waals surface area contributed by atoms with E-state index in [1.54, 1.807) is 11.3 Å². The smallest absolute Gasteiger partial charge is 0.0616 e. The molecule has 2 nitrogen and oxygen atoms in total. The molecule has 0 amide bonds. The van der Waals surface area contributed by atoms with Gasteiger partial charge < -0.3 is 10.1 Å². The van der Waals surface area contributed by atoms with Gasteiger partial charge in [0.05, 0.1) is 6.61 Å². The minimum absolute atomic E-state index is 0.407. The molecule has 80 valence electrons. The van der Waals surface area contributed by atoms with Gasteiger partial charge in [-0.15, -0.1) is 0 Å². The number of hydrogen-bond acceptors (Lipinski definition) is 3. The zero-order chi connectivity index (χ0) is 10.4. The summed E-state index contributed by atoms with van der Waals surface area (Å²) < 4.78 is 5.35. The van der Waals surface area contributed by atoms with Gasteiger partial charge in [0.1, 0.15) is 0 Å². The standard InChI is InChI=1S/C11H19NOS/c1-4-13-7-9(2)12-10(3)11-5-6-14-8-11/h5-6,8-10,12H,4,7H2,1-3H3. The molecule has 3 heteroatoms. The molecule has 1 rings (SSSR count). The van der Waals surface area contributed by atoms with Gasteiger partial charge in [0.25, 0.3) is 0 Å². The molecule has 14 heavy (non-hydrogen) atoms. The normalized spacial score (nSPS) is 15.4.